The molecule has 0 radical (unpaired) electrons. The van der Waals surface area contributed by atoms with E-state index in [2.05, 4.69) is 53.6 Å². The first kappa shape index (κ1) is 19.2. The third kappa shape index (κ3) is 4.65. The molecule has 4 rings (SSSR count). The molecule has 1 aliphatic heterocycles. The number of rotatable bonds is 7. The van der Waals surface area contributed by atoms with E-state index in [1.54, 1.807) is 0 Å². The Morgan fingerprint density at radius 3 is 2.79 bits per heavy atom. The van der Waals surface area contributed by atoms with Crippen LogP contribution in [0.5, 0.6) is 5.75 Å². The number of amides is 1. The van der Waals surface area contributed by atoms with Crippen LogP contribution in [0.1, 0.15) is 29.5 Å². The van der Waals surface area contributed by atoms with Crippen LogP contribution < -0.4 is 10.1 Å². The van der Waals surface area contributed by atoms with E-state index in [4.69, 9.17) is 4.74 Å². The van der Waals surface area contributed by atoms with Gasteiger partial charge in [0.05, 0.1) is 12.2 Å². The van der Waals surface area contributed by atoms with E-state index >= 15 is 0 Å². The third-order valence-electron chi connectivity index (χ3n) is 5.33. The van der Waals surface area contributed by atoms with Gasteiger partial charge in [-0.15, -0.1) is 0 Å². The van der Waals surface area contributed by atoms with E-state index in [1.165, 1.54) is 11.1 Å². The number of ether oxygens (including phenoxy) is 1. The molecule has 0 spiro atoms. The van der Waals surface area contributed by atoms with Gasteiger partial charge in [-0.2, -0.15) is 0 Å². The number of hydrogen-bond donors (Lipinski definition) is 1. The number of nitrogens with zero attached hydrogens (tertiary/aromatic N) is 1. The first-order chi connectivity index (χ1) is 14.2. The van der Waals surface area contributed by atoms with Crippen molar-refractivity contribution in [1.82, 2.24) is 10.3 Å². The quantitative estimate of drug-likeness (QED) is 0.650. The molecule has 3 aromatic rings. The van der Waals surface area contributed by atoms with Crippen LogP contribution in [-0.2, 0) is 17.6 Å². The predicted molar refractivity (Wildman–Crippen MR) is 115 cm³/mol. The van der Waals surface area contributed by atoms with E-state index in [-0.39, 0.29) is 12.0 Å². The van der Waals surface area contributed by atoms with Crippen LogP contribution in [-0.4, -0.2) is 23.5 Å². The maximum atomic E-state index is 12.2. The molecule has 0 saturated carbocycles. The molecule has 2 heterocycles. The van der Waals surface area contributed by atoms with Gasteiger partial charge in [-0.25, -0.2) is 0 Å². The molecule has 1 unspecified atom stereocenters. The predicted octanol–water partition coefficient (Wildman–Crippen LogP) is 4.50. The van der Waals surface area contributed by atoms with E-state index in [0.29, 0.717) is 13.0 Å². The number of benzene rings is 2. The van der Waals surface area contributed by atoms with Gasteiger partial charge in [0.2, 0.25) is 5.91 Å². The lowest BCUT2D eigenvalue weighted by Gasteiger charge is -2.14. The summed E-state index contributed by atoms with van der Waals surface area (Å²) in [6.07, 6.45) is 4.89. The van der Waals surface area contributed by atoms with E-state index < -0.39 is 0 Å². The molecule has 0 saturated heterocycles. The molecule has 29 heavy (non-hydrogen) atoms. The van der Waals surface area contributed by atoms with Gasteiger partial charge in [0, 0.05) is 24.6 Å². The Hall–Kier alpha value is -3.14. The smallest absolute Gasteiger partial charge is 0.220 e. The van der Waals surface area contributed by atoms with Gasteiger partial charge >= 0.3 is 0 Å². The highest BCUT2D eigenvalue weighted by Gasteiger charge is 2.26. The summed E-state index contributed by atoms with van der Waals surface area (Å²) in [7, 11) is 0. The van der Waals surface area contributed by atoms with Gasteiger partial charge in [-0.1, -0.05) is 48.5 Å². The number of para-hydroxylation sites is 1. The molecule has 1 amide bonds. The van der Waals surface area contributed by atoms with Crippen LogP contribution >= 0.6 is 0 Å². The monoisotopic (exact) mass is 386 g/mol. The Labute approximate surface area is 172 Å². The lowest BCUT2D eigenvalue weighted by Crippen LogP contribution is -2.34. The highest BCUT2D eigenvalue weighted by molar-refractivity contribution is 5.76. The van der Waals surface area contributed by atoms with E-state index in [1.807, 2.05) is 30.5 Å². The van der Waals surface area contributed by atoms with Crippen LogP contribution in [0.15, 0.2) is 66.9 Å². The topological polar surface area (TPSA) is 51.2 Å². The molecule has 1 aliphatic rings. The standard InChI is InChI=1S/C25H26N2O2/c1-18-8-7-15-26-24(18)22-13-6-12-20-16-21(29-25(20)22)17-27-23(28)14-5-11-19-9-3-2-4-10-19/h2-4,6-10,12-13,15,21H,5,11,14,16-17H2,1H3,(H,27,28). The Morgan fingerprint density at radius 1 is 1.10 bits per heavy atom. The maximum absolute atomic E-state index is 12.2. The third-order valence-corrected chi connectivity index (χ3v) is 5.33. The second-order valence-corrected chi connectivity index (χ2v) is 7.55. The van der Waals surface area contributed by atoms with E-state index in [9.17, 15) is 4.79 Å². The molecule has 2 aromatic carbocycles. The van der Waals surface area contributed by atoms with Crippen LogP contribution in [0.4, 0.5) is 0 Å². The van der Waals surface area contributed by atoms with Gasteiger partial charge in [0.25, 0.3) is 0 Å². The lowest BCUT2D eigenvalue weighted by molar-refractivity contribution is -0.121. The molecule has 0 aliphatic carbocycles. The van der Waals surface area contributed by atoms with Crippen molar-refractivity contribution in [2.24, 2.45) is 0 Å². The molecular formula is C25H26N2O2. The molecule has 4 nitrogen and oxygen atoms in total. The summed E-state index contributed by atoms with van der Waals surface area (Å²) in [5.74, 6) is 0.985. The number of hydrogen-bond acceptors (Lipinski definition) is 3. The molecule has 0 bridgehead atoms. The van der Waals surface area contributed by atoms with Crippen LogP contribution in [0.25, 0.3) is 11.3 Å². The van der Waals surface area contributed by atoms with Gasteiger partial charge in [0.1, 0.15) is 11.9 Å². The van der Waals surface area contributed by atoms with Crippen molar-refractivity contribution in [3.8, 4) is 17.0 Å². The molecule has 1 aromatic heterocycles. The molecular weight excluding hydrogens is 360 g/mol. The van der Waals surface area contributed by atoms with Crippen molar-refractivity contribution in [2.75, 3.05) is 6.54 Å². The minimum absolute atomic E-state index is 0.0340. The summed E-state index contributed by atoms with van der Waals surface area (Å²) in [5, 5.41) is 3.04. The SMILES string of the molecule is Cc1cccnc1-c1cccc2c1OC(CNC(=O)CCCc1ccccc1)C2. The number of pyridine rings is 1. The van der Waals surface area contributed by atoms with E-state index in [0.717, 1.165) is 41.8 Å². The number of nitrogens with one attached hydrogen (secondary N) is 1. The zero-order valence-corrected chi connectivity index (χ0v) is 16.7. The van der Waals surface area contributed by atoms with Crippen LogP contribution in [0, 0.1) is 6.92 Å². The van der Waals surface area contributed by atoms with Crippen LogP contribution in [0.2, 0.25) is 0 Å². The molecule has 1 atom stereocenters. The summed E-state index contributed by atoms with van der Waals surface area (Å²) in [5.41, 5.74) is 5.55. The Morgan fingerprint density at radius 2 is 1.97 bits per heavy atom. The maximum Gasteiger partial charge on any atom is 0.220 e. The number of aryl methyl sites for hydroxylation is 2. The number of fused-ring (bicyclic) bond motifs is 1. The number of carbonyl (C=O) groups excluding carboxylic acids is 1. The van der Waals surface area contributed by atoms with Gasteiger partial charge in [0.15, 0.2) is 0 Å². The van der Waals surface area contributed by atoms with Crippen molar-refractivity contribution in [1.29, 1.82) is 0 Å². The minimum Gasteiger partial charge on any atom is -0.487 e. The Balaban J connectivity index is 1.30. The molecule has 0 fully saturated rings. The average molecular weight is 386 g/mol. The zero-order chi connectivity index (χ0) is 20.1. The fraction of sp³-hybridized carbons (Fsp3) is 0.280. The highest BCUT2D eigenvalue weighted by atomic mass is 16.5. The van der Waals surface area contributed by atoms with Gasteiger partial charge in [-0.05, 0) is 48.6 Å². The highest BCUT2D eigenvalue weighted by Crippen LogP contribution is 2.38. The van der Waals surface area contributed by atoms with Crippen molar-refractivity contribution in [3.05, 3.63) is 83.6 Å². The molecule has 148 valence electrons. The number of carbonyl (C=O) groups is 1. The van der Waals surface area contributed by atoms with Crippen molar-refractivity contribution in [2.45, 2.75) is 38.7 Å². The summed E-state index contributed by atoms with van der Waals surface area (Å²) in [6, 6.07) is 20.5. The second kappa shape index (κ2) is 8.91. The van der Waals surface area contributed by atoms with Crippen molar-refractivity contribution >= 4 is 5.91 Å². The summed E-state index contributed by atoms with van der Waals surface area (Å²) >= 11 is 0. The zero-order valence-electron chi connectivity index (χ0n) is 16.7. The minimum atomic E-state index is -0.0340. The van der Waals surface area contributed by atoms with Crippen molar-refractivity contribution < 1.29 is 9.53 Å². The summed E-state index contributed by atoms with van der Waals surface area (Å²) in [6.45, 7) is 2.59. The van der Waals surface area contributed by atoms with Crippen molar-refractivity contribution in [3.63, 3.8) is 0 Å². The summed E-state index contributed by atoms with van der Waals surface area (Å²) < 4.78 is 6.22. The number of aromatic nitrogens is 1. The molecule has 1 N–H and O–H groups in total. The largest absolute Gasteiger partial charge is 0.487 e. The fourth-order valence-corrected chi connectivity index (χ4v) is 3.82. The fourth-order valence-electron chi connectivity index (χ4n) is 3.82. The average Bonchev–Trinajstić information content (AvgIpc) is 3.17. The first-order valence-corrected chi connectivity index (χ1v) is 10.2. The normalized spacial score (nSPS) is 14.9. The first-order valence-electron chi connectivity index (χ1n) is 10.2. The molecule has 4 heteroatoms. The van der Waals surface area contributed by atoms with Crippen LogP contribution in [0.3, 0.4) is 0 Å². The Kier molecular flexibility index (Phi) is 5.89. The van der Waals surface area contributed by atoms with Gasteiger partial charge < -0.3 is 10.1 Å². The Bertz CT molecular complexity index is 985. The lowest BCUT2D eigenvalue weighted by atomic mass is 10.0. The second-order valence-electron chi connectivity index (χ2n) is 7.55. The van der Waals surface area contributed by atoms with Gasteiger partial charge in [-0.3, -0.25) is 9.78 Å². The summed E-state index contributed by atoms with van der Waals surface area (Å²) in [4.78, 5) is 16.8.